The number of hydrogen-bond acceptors (Lipinski definition) is 3. The monoisotopic (exact) mass is 265 g/mol. The summed E-state index contributed by atoms with van der Waals surface area (Å²) in [6.45, 7) is 11.4. The Kier molecular flexibility index (Phi) is 3.09. The fourth-order valence-corrected chi connectivity index (χ4v) is 4.58. The van der Waals surface area contributed by atoms with E-state index in [0.29, 0.717) is 17.3 Å². The van der Waals surface area contributed by atoms with Crippen molar-refractivity contribution in [1.29, 1.82) is 0 Å². The lowest BCUT2D eigenvalue weighted by Gasteiger charge is -2.63. The van der Waals surface area contributed by atoms with Crippen LogP contribution in [0.4, 0.5) is 0 Å². The fraction of sp³-hybridized carbons (Fsp3) is 1.00. The molecule has 0 spiro atoms. The summed E-state index contributed by atoms with van der Waals surface area (Å²) in [6, 6.07) is 0. The molecule has 2 N–H and O–H groups in total. The first-order valence-corrected chi connectivity index (χ1v) is 7.83. The minimum Gasteiger partial charge on any atom is -0.404 e. The highest BCUT2D eigenvalue weighted by Crippen LogP contribution is 2.64. The number of rotatable bonds is 3. The molecule has 5 atom stereocenters. The Bertz CT molecular complexity index is 373. The molecule has 4 heteroatoms. The van der Waals surface area contributed by atoms with Gasteiger partial charge in [0.2, 0.25) is 0 Å². The van der Waals surface area contributed by atoms with Crippen LogP contribution in [0.15, 0.2) is 0 Å². The lowest BCUT2D eigenvalue weighted by Crippen LogP contribution is -2.63. The summed E-state index contributed by atoms with van der Waals surface area (Å²) in [6.07, 6.45) is 3.65. The van der Waals surface area contributed by atoms with Crippen molar-refractivity contribution in [2.75, 3.05) is 0 Å². The molecule has 4 fully saturated rings. The highest BCUT2D eigenvalue weighted by Gasteiger charge is 2.67. The molecule has 3 nitrogen and oxygen atoms in total. The topological polar surface area (TPSA) is 44.5 Å². The predicted molar refractivity (Wildman–Crippen MR) is 77.5 cm³/mol. The van der Waals surface area contributed by atoms with E-state index in [2.05, 4.69) is 34.6 Å². The standard InChI is InChI=1S/C15H28BNO2/c1-9(2)6-12(17)16-18-13-11-7-10(14(11,3)4)8-15(13,5)19-16/h9-13H,6-8,17H2,1-5H3. The summed E-state index contributed by atoms with van der Waals surface area (Å²) >= 11 is 0. The lowest BCUT2D eigenvalue weighted by atomic mass is 9.45. The maximum atomic E-state index is 6.27. The van der Waals surface area contributed by atoms with Crippen LogP contribution in [0.2, 0.25) is 0 Å². The van der Waals surface area contributed by atoms with Gasteiger partial charge in [0.15, 0.2) is 0 Å². The second kappa shape index (κ2) is 4.22. The first kappa shape index (κ1) is 13.9. The molecule has 1 heterocycles. The molecule has 0 aromatic heterocycles. The smallest absolute Gasteiger partial charge is 0.404 e. The van der Waals surface area contributed by atoms with Gasteiger partial charge in [0.1, 0.15) is 0 Å². The van der Waals surface area contributed by atoms with Crippen LogP contribution in [0.25, 0.3) is 0 Å². The van der Waals surface area contributed by atoms with Crippen molar-refractivity contribution in [3.05, 3.63) is 0 Å². The number of nitrogens with two attached hydrogens (primary N) is 1. The van der Waals surface area contributed by atoms with Crippen molar-refractivity contribution in [3.63, 3.8) is 0 Å². The highest BCUT2D eigenvalue weighted by atomic mass is 16.7. The van der Waals surface area contributed by atoms with Crippen LogP contribution in [0.1, 0.15) is 53.9 Å². The van der Waals surface area contributed by atoms with Crippen LogP contribution in [0, 0.1) is 23.2 Å². The Morgan fingerprint density at radius 1 is 1.32 bits per heavy atom. The largest absolute Gasteiger partial charge is 0.475 e. The third kappa shape index (κ3) is 1.98. The molecule has 4 rings (SSSR count). The Labute approximate surface area is 117 Å². The van der Waals surface area contributed by atoms with Gasteiger partial charge in [0, 0.05) is 5.94 Å². The average Bonchev–Trinajstić information content (AvgIpc) is 2.64. The summed E-state index contributed by atoms with van der Waals surface area (Å²) in [5, 5.41) is 0. The van der Waals surface area contributed by atoms with Crippen molar-refractivity contribution in [1.82, 2.24) is 0 Å². The van der Waals surface area contributed by atoms with Gasteiger partial charge in [-0.2, -0.15) is 0 Å². The molecule has 3 saturated carbocycles. The molecule has 2 bridgehead atoms. The Morgan fingerprint density at radius 3 is 2.58 bits per heavy atom. The van der Waals surface area contributed by atoms with E-state index in [1.807, 2.05) is 0 Å². The van der Waals surface area contributed by atoms with Gasteiger partial charge >= 0.3 is 7.12 Å². The lowest BCUT2D eigenvalue weighted by molar-refractivity contribution is -0.185. The second-order valence-electron chi connectivity index (χ2n) is 8.21. The van der Waals surface area contributed by atoms with Gasteiger partial charge < -0.3 is 15.0 Å². The highest BCUT2D eigenvalue weighted by molar-refractivity contribution is 6.47. The molecule has 0 aromatic carbocycles. The van der Waals surface area contributed by atoms with Gasteiger partial charge in [-0.25, -0.2) is 0 Å². The molecule has 1 saturated heterocycles. The molecule has 3 aliphatic carbocycles. The molecule has 0 amide bonds. The maximum absolute atomic E-state index is 6.27. The van der Waals surface area contributed by atoms with E-state index in [-0.39, 0.29) is 24.8 Å². The van der Waals surface area contributed by atoms with Gasteiger partial charge in [-0.1, -0.05) is 27.7 Å². The van der Waals surface area contributed by atoms with Crippen molar-refractivity contribution in [2.45, 2.75) is 71.5 Å². The van der Waals surface area contributed by atoms with Gasteiger partial charge in [-0.15, -0.1) is 0 Å². The molecular formula is C15H28BNO2. The van der Waals surface area contributed by atoms with Crippen molar-refractivity contribution < 1.29 is 9.31 Å². The van der Waals surface area contributed by atoms with E-state index in [0.717, 1.165) is 18.8 Å². The number of hydrogen-bond donors (Lipinski definition) is 1. The maximum Gasteiger partial charge on any atom is 0.475 e. The Balaban J connectivity index is 1.73. The van der Waals surface area contributed by atoms with Crippen LogP contribution in [0.3, 0.4) is 0 Å². The SMILES string of the molecule is CC(C)CC(N)B1OC2C3CC(CC2(C)O1)C3(C)C. The normalized spacial score (nSPS) is 45.0. The van der Waals surface area contributed by atoms with Gasteiger partial charge in [-0.05, 0) is 49.4 Å². The van der Waals surface area contributed by atoms with E-state index in [1.165, 1.54) is 6.42 Å². The van der Waals surface area contributed by atoms with E-state index in [1.54, 1.807) is 0 Å². The molecule has 4 aliphatic rings. The third-order valence-corrected chi connectivity index (χ3v) is 5.92. The van der Waals surface area contributed by atoms with E-state index >= 15 is 0 Å². The van der Waals surface area contributed by atoms with Crippen LogP contribution in [-0.2, 0) is 9.31 Å². The second-order valence-corrected chi connectivity index (χ2v) is 8.21. The first-order chi connectivity index (χ1) is 8.74. The molecular weight excluding hydrogens is 237 g/mol. The molecule has 0 aromatic rings. The quantitative estimate of drug-likeness (QED) is 0.798. The summed E-state index contributed by atoms with van der Waals surface area (Å²) in [4.78, 5) is 0. The molecule has 5 unspecified atom stereocenters. The zero-order valence-corrected chi connectivity index (χ0v) is 13.0. The first-order valence-electron chi connectivity index (χ1n) is 7.83. The van der Waals surface area contributed by atoms with Crippen LogP contribution in [0.5, 0.6) is 0 Å². The predicted octanol–water partition coefficient (Wildman–Crippen LogP) is 2.63. The Morgan fingerprint density at radius 2 is 2.00 bits per heavy atom. The van der Waals surface area contributed by atoms with E-state index in [4.69, 9.17) is 15.0 Å². The van der Waals surface area contributed by atoms with Gasteiger partial charge in [0.25, 0.3) is 0 Å². The van der Waals surface area contributed by atoms with E-state index < -0.39 is 0 Å². The fourth-order valence-electron chi connectivity index (χ4n) is 4.58. The van der Waals surface area contributed by atoms with Gasteiger partial charge in [0.05, 0.1) is 11.7 Å². The van der Waals surface area contributed by atoms with Crippen LogP contribution >= 0.6 is 0 Å². The van der Waals surface area contributed by atoms with Crippen molar-refractivity contribution >= 4 is 7.12 Å². The zero-order valence-electron chi connectivity index (χ0n) is 13.0. The van der Waals surface area contributed by atoms with Crippen LogP contribution < -0.4 is 5.73 Å². The van der Waals surface area contributed by atoms with Crippen LogP contribution in [-0.4, -0.2) is 24.8 Å². The molecule has 0 radical (unpaired) electrons. The van der Waals surface area contributed by atoms with Gasteiger partial charge in [-0.3, -0.25) is 0 Å². The zero-order chi connectivity index (χ0) is 14.0. The minimum absolute atomic E-state index is 0.00253. The van der Waals surface area contributed by atoms with E-state index in [9.17, 15) is 0 Å². The minimum atomic E-state index is -0.201. The van der Waals surface area contributed by atoms with Crippen molar-refractivity contribution in [3.8, 4) is 0 Å². The molecule has 19 heavy (non-hydrogen) atoms. The molecule has 1 aliphatic heterocycles. The molecule has 108 valence electrons. The van der Waals surface area contributed by atoms with Crippen molar-refractivity contribution in [2.24, 2.45) is 28.9 Å². The average molecular weight is 265 g/mol. The Hall–Kier alpha value is -0.0551. The summed E-state index contributed by atoms with van der Waals surface area (Å²) in [5.41, 5.74) is 6.60. The summed E-state index contributed by atoms with van der Waals surface area (Å²) in [7, 11) is -0.201. The third-order valence-electron chi connectivity index (χ3n) is 5.92. The summed E-state index contributed by atoms with van der Waals surface area (Å²) < 4.78 is 12.5. The summed E-state index contributed by atoms with van der Waals surface area (Å²) in [5.74, 6) is 2.03.